The first-order chi connectivity index (χ1) is 10.6. The Hall–Kier alpha value is -1.84. The lowest BCUT2D eigenvalue weighted by Crippen LogP contribution is -2.41. The predicted molar refractivity (Wildman–Crippen MR) is 83.4 cm³/mol. The second-order valence-electron chi connectivity index (χ2n) is 7.34. The maximum Gasteiger partial charge on any atom is 0.327 e. The highest BCUT2D eigenvalue weighted by Crippen LogP contribution is 2.39. The Bertz CT molecular complexity index is 591. The van der Waals surface area contributed by atoms with Crippen LogP contribution in [0.5, 0.6) is 0 Å². The van der Waals surface area contributed by atoms with Gasteiger partial charge in [0, 0.05) is 13.1 Å². The average Bonchev–Trinajstić information content (AvgIpc) is 2.97. The molecule has 2 aliphatic heterocycles. The van der Waals surface area contributed by atoms with Crippen molar-refractivity contribution in [3.8, 4) is 0 Å². The van der Waals surface area contributed by atoms with Crippen LogP contribution in [-0.2, 0) is 17.6 Å². The summed E-state index contributed by atoms with van der Waals surface area (Å²) in [5, 5.41) is 0. The topological polar surface area (TPSA) is 40.6 Å². The van der Waals surface area contributed by atoms with Gasteiger partial charge in [0.1, 0.15) is 6.04 Å². The fraction of sp³-hybridized carbons (Fsp3) is 0.556. The van der Waals surface area contributed by atoms with Crippen molar-refractivity contribution >= 4 is 11.9 Å². The summed E-state index contributed by atoms with van der Waals surface area (Å²) in [5.74, 6) is 0.0295. The molecule has 4 nitrogen and oxygen atoms in total. The smallest absolute Gasteiger partial charge is 0.312 e. The van der Waals surface area contributed by atoms with Crippen LogP contribution in [0.25, 0.3) is 0 Å². The van der Waals surface area contributed by atoms with Crippen LogP contribution in [-0.4, -0.2) is 40.9 Å². The van der Waals surface area contributed by atoms with Crippen LogP contribution in [0, 0.1) is 5.41 Å². The maximum absolute atomic E-state index is 12.6. The minimum absolute atomic E-state index is 0.0242. The number of benzene rings is 1. The Balaban J connectivity index is 1.54. The summed E-state index contributed by atoms with van der Waals surface area (Å²) < 4.78 is 0. The van der Waals surface area contributed by atoms with Crippen molar-refractivity contribution in [2.45, 2.75) is 45.1 Å². The summed E-state index contributed by atoms with van der Waals surface area (Å²) in [6.45, 7) is 3.49. The minimum atomic E-state index is -0.186. The van der Waals surface area contributed by atoms with Gasteiger partial charge in [-0.2, -0.15) is 0 Å². The highest BCUT2D eigenvalue weighted by atomic mass is 16.2. The molecular weight excluding hydrogens is 276 g/mol. The van der Waals surface area contributed by atoms with Crippen molar-refractivity contribution in [3.05, 3.63) is 35.4 Å². The van der Waals surface area contributed by atoms with E-state index < -0.39 is 0 Å². The molecule has 2 fully saturated rings. The van der Waals surface area contributed by atoms with E-state index in [1.807, 2.05) is 0 Å². The van der Waals surface area contributed by atoms with E-state index in [1.54, 1.807) is 4.90 Å². The van der Waals surface area contributed by atoms with E-state index in [0.29, 0.717) is 6.54 Å². The lowest BCUT2D eigenvalue weighted by molar-refractivity contribution is -0.129. The zero-order valence-corrected chi connectivity index (χ0v) is 13.0. The van der Waals surface area contributed by atoms with Crippen LogP contribution in [0.3, 0.4) is 0 Å². The van der Waals surface area contributed by atoms with Gasteiger partial charge < -0.3 is 4.90 Å². The Kier molecular flexibility index (Phi) is 3.03. The van der Waals surface area contributed by atoms with Crippen molar-refractivity contribution < 1.29 is 9.59 Å². The van der Waals surface area contributed by atoms with E-state index in [4.69, 9.17) is 0 Å². The Morgan fingerprint density at radius 1 is 1.14 bits per heavy atom. The van der Waals surface area contributed by atoms with Gasteiger partial charge in [-0.25, -0.2) is 4.79 Å². The van der Waals surface area contributed by atoms with E-state index in [-0.39, 0.29) is 23.4 Å². The number of carbonyl (C=O) groups is 2. The number of imide groups is 1. The highest BCUT2D eigenvalue weighted by Gasteiger charge is 2.48. The summed E-state index contributed by atoms with van der Waals surface area (Å²) in [5.41, 5.74) is 2.70. The van der Waals surface area contributed by atoms with Crippen LogP contribution in [0.1, 0.15) is 37.3 Å². The van der Waals surface area contributed by atoms with Crippen LogP contribution in [0.15, 0.2) is 24.3 Å². The van der Waals surface area contributed by atoms with Gasteiger partial charge in [-0.15, -0.1) is 0 Å². The molecule has 4 heteroatoms. The average molecular weight is 298 g/mol. The van der Waals surface area contributed by atoms with Crippen molar-refractivity contribution in [2.24, 2.45) is 5.41 Å². The van der Waals surface area contributed by atoms with Crippen molar-refractivity contribution in [3.63, 3.8) is 0 Å². The van der Waals surface area contributed by atoms with E-state index in [9.17, 15) is 9.59 Å². The number of carbonyl (C=O) groups excluding carboxylic acids is 2. The molecule has 3 aliphatic rings. The highest BCUT2D eigenvalue weighted by molar-refractivity contribution is 6.04. The molecule has 0 spiro atoms. The minimum Gasteiger partial charge on any atom is -0.312 e. The summed E-state index contributed by atoms with van der Waals surface area (Å²) in [6.07, 6.45) is 4.80. The number of amides is 3. The van der Waals surface area contributed by atoms with Crippen LogP contribution < -0.4 is 0 Å². The molecule has 3 amide bonds. The van der Waals surface area contributed by atoms with Crippen molar-refractivity contribution in [1.82, 2.24) is 9.80 Å². The second-order valence-corrected chi connectivity index (χ2v) is 7.34. The molecule has 0 radical (unpaired) electrons. The first kappa shape index (κ1) is 13.8. The third-order valence-electron chi connectivity index (χ3n) is 5.42. The number of hydrogen-bond acceptors (Lipinski definition) is 2. The van der Waals surface area contributed by atoms with E-state index in [2.05, 4.69) is 31.2 Å². The first-order valence-electron chi connectivity index (χ1n) is 8.26. The SMILES string of the molecule is CC1(CN2C(=O)[C@H]3CCCCN3C2=O)Cc2ccccc2C1. The number of piperidine rings is 1. The summed E-state index contributed by atoms with van der Waals surface area (Å²) in [6, 6.07) is 8.21. The lowest BCUT2D eigenvalue weighted by Gasteiger charge is -2.28. The summed E-state index contributed by atoms with van der Waals surface area (Å²) in [7, 11) is 0. The molecule has 116 valence electrons. The number of rotatable bonds is 2. The molecule has 22 heavy (non-hydrogen) atoms. The first-order valence-corrected chi connectivity index (χ1v) is 8.26. The molecule has 2 heterocycles. The number of fused-ring (bicyclic) bond motifs is 2. The zero-order chi connectivity index (χ0) is 15.3. The fourth-order valence-electron chi connectivity index (χ4n) is 4.37. The Labute approximate surface area is 131 Å². The molecule has 2 saturated heterocycles. The number of urea groups is 1. The van der Waals surface area contributed by atoms with Gasteiger partial charge in [0.25, 0.3) is 5.91 Å². The van der Waals surface area contributed by atoms with Gasteiger partial charge >= 0.3 is 6.03 Å². The molecular formula is C18H22N2O2. The Morgan fingerprint density at radius 2 is 1.82 bits per heavy atom. The van der Waals surface area contributed by atoms with Gasteiger partial charge in [0.2, 0.25) is 0 Å². The number of hydrogen-bond donors (Lipinski definition) is 0. The van der Waals surface area contributed by atoms with E-state index >= 15 is 0 Å². The third kappa shape index (κ3) is 2.04. The van der Waals surface area contributed by atoms with Crippen LogP contribution in [0.4, 0.5) is 4.79 Å². The standard InChI is InChI=1S/C18H22N2O2/c1-18(10-13-6-2-3-7-14(13)11-18)12-20-16(21)15-8-4-5-9-19(15)17(20)22/h2-3,6-7,15H,4-5,8-12H2,1H3/t15-/m1/s1. The second kappa shape index (κ2) is 4.83. The van der Waals surface area contributed by atoms with Gasteiger partial charge in [0.15, 0.2) is 0 Å². The molecule has 0 aromatic heterocycles. The molecule has 1 aromatic rings. The largest absolute Gasteiger partial charge is 0.327 e. The maximum atomic E-state index is 12.6. The quantitative estimate of drug-likeness (QED) is 0.788. The third-order valence-corrected chi connectivity index (χ3v) is 5.42. The van der Waals surface area contributed by atoms with Crippen molar-refractivity contribution in [2.75, 3.05) is 13.1 Å². The van der Waals surface area contributed by atoms with Gasteiger partial charge in [-0.1, -0.05) is 31.2 Å². The molecule has 1 atom stereocenters. The molecule has 4 rings (SSSR count). The van der Waals surface area contributed by atoms with E-state index in [0.717, 1.165) is 38.6 Å². The molecule has 0 unspecified atom stereocenters. The molecule has 0 saturated carbocycles. The van der Waals surface area contributed by atoms with Gasteiger partial charge in [-0.05, 0) is 48.6 Å². The fourth-order valence-corrected chi connectivity index (χ4v) is 4.37. The van der Waals surface area contributed by atoms with Crippen LogP contribution >= 0.6 is 0 Å². The van der Waals surface area contributed by atoms with Crippen molar-refractivity contribution in [1.29, 1.82) is 0 Å². The van der Waals surface area contributed by atoms with Gasteiger partial charge in [0.05, 0.1) is 0 Å². The van der Waals surface area contributed by atoms with Gasteiger partial charge in [-0.3, -0.25) is 9.69 Å². The molecule has 0 N–H and O–H groups in total. The van der Waals surface area contributed by atoms with Crippen LogP contribution in [0.2, 0.25) is 0 Å². The summed E-state index contributed by atoms with van der Waals surface area (Å²) in [4.78, 5) is 28.5. The Morgan fingerprint density at radius 3 is 2.45 bits per heavy atom. The molecule has 1 aromatic carbocycles. The molecule has 0 bridgehead atoms. The summed E-state index contributed by atoms with van der Waals surface area (Å²) >= 11 is 0. The monoisotopic (exact) mass is 298 g/mol. The normalized spacial score (nSPS) is 26.3. The predicted octanol–water partition coefficient (Wildman–Crippen LogP) is 2.61. The molecule has 1 aliphatic carbocycles. The number of nitrogens with zero attached hydrogens (tertiary/aromatic N) is 2. The van der Waals surface area contributed by atoms with E-state index in [1.165, 1.54) is 16.0 Å². The lowest BCUT2D eigenvalue weighted by atomic mass is 9.86. The zero-order valence-electron chi connectivity index (χ0n) is 13.0.